The van der Waals surface area contributed by atoms with Crippen molar-refractivity contribution in [3.8, 4) is 0 Å². The molecule has 1 unspecified atom stereocenters. The summed E-state index contributed by atoms with van der Waals surface area (Å²) in [6, 6.07) is 5.47. The van der Waals surface area contributed by atoms with Gasteiger partial charge in [0.25, 0.3) is 16.0 Å². The average molecular weight is 595 g/mol. The molecule has 0 aliphatic carbocycles. The van der Waals surface area contributed by atoms with Gasteiger partial charge in [-0.3, -0.25) is 19.0 Å². The van der Waals surface area contributed by atoms with E-state index in [1.165, 1.54) is 35.7 Å². The fraction of sp³-hybridized carbons (Fsp3) is 0.462. The highest BCUT2D eigenvalue weighted by atomic mass is 32.2. The molecule has 3 heterocycles. The average Bonchev–Trinajstić information content (AvgIpc) is 3.16. The van der Waals surface area contributed by atoms with E-state index in [1.807, 2.05) is 20.8 Å². The SMILES string of the molecule is CC(=O)OCC1=C(C(=O)OC(C)(C)C)N2C(=O)C(Nc3nc(C)c(C)[nH]3)[C@@H]2SC1.Cc1ccc(S(=O)(=O)O)cc1. The minimum Gasteiger partial charge on any atom is -0.461 e. The number of imidazole rings is 1. The Labute approximate surface area is 237 Å². The molecule has 1 fully saturated rings. The largest absolute Gasteiger partial charge is 0.461 e. The molecule has 2 atom stereocenters. The predicted molar refractivity (Wildman–Crippen MR) is 149 cm³/mol. The van der Waals surface area contributed by atoms with Crippen molar-refractivity contribution in [3.63, 3.8) is 0 Å². The lowest BCUT2D eigenvalue weighted by atomic mass is 10.0. The highest BCUT2D eigenvalue weighted by Gasteiger charge is 2.54. The molecular formula is C26H34N4O8S2. The van der Waals surface area contributed by atoms with Crippen molar-refractivity contribution in [1.82, 2.24) is 14.9 Å². The van der Waals surface area contributed by atoms with Crippen molar-refractivity contribution in [2.24, 2.45) is 0 Å². The van der Waals surface area contributed by atoms with Gasteiger partial charge in [0.2, 0.25) is 5.95 Å². The summed E-state index contributed by atoms with van der Waals surface area (Å²) >= 11 is 1.50. The molecular weight excluding hydrogens is 560 g/mol. The Bertz CT molecular complexity index is 1410. The normalized spacial score (nSPS) is 18.7. The van der Waals surface area contributed by atoms with E-state index in [9.17, 15) is 22.8 Å². The van der Waals surface area contributed by atoms with Gasteiger partial charge in [-0.1, -0.05) is 17.7 Å². The third kappa shape index (κ3) is 7.64. The Kier molecular flexibility index (Phi) is 9.37. The maximum Gasteiger partial charge on any atom is 0.355 e. The highest BCUT2D eigenvalue weighted by molar-refractivity contribution is 8.00. The molecule has 3 N–H and O–H groups in total. The van der Waals surface area contributed by atoms with Crippen LogP contribution in [0.2, 0.25) is 0 Å². The zero-order valence-corrected chi connectivity index (χ0v) is 25.0. The van der Waals surface area contributed by atoms with Crippen molar-refractivity contribution in [3.05, 3.63) is 52.5 Å². The number of nitrogens with one attached hydrogen (secondary N) is 2. The van der Waals surface area contributed by atoms with Crippen LogP contribution in [0.1, 0.15) is 44.6 Å². The molecule has 40 heavy (non-hydrogen) atoms. The third-order valence-electron chi connectivity index (χ3n) is 5.83. The number of aryl methyl sites for hydroxylation is 3. The van der Waals surface area contributed by atoms with Crippen LogP contribution in [0.15, 0.2) is 40.4 Å². The molecule has 0 bridgehead atoms. The van der Waals surface area contributed by atoms with E-state index in [0.29, 0.717) is 17.3 Å². The lowest BCUT2D eigenvalue weighted by Gasteiger charge is -2.49. The Balaban J connectivity index is 0.000000336. The van der Waals surface area contributed by atoms with Gasteiger partial charge in [0.1, 0.15) is 29.3 Å². The number of rotatable bonds is 6. The van der Waals surface area contributed by atoms with Gasteiger partial charge >= 0.3 is 11.9 Å². The van der Waals surface area contributed by atoms with E-state index in [-0.39, 0.29) is 28.5 Å². The number of H-pyrrole nitrogens is 1. The van der Waals surface area contributed by atoms with Crippen LogP contribution in [0.4, 0.5) is 5.95 Å². The summed E-state index contributed by atoms with van der Waals surface area (Å²) in [5.41, 5.74) is 2.74. The standard InChI is InChI=1S/C19H26N4O5S.C7H8O3S/c1-9-10(2)21-18(20-9)22-13-15(25)23-14(17(26)28-19(4,5)6)12(7-27-11(3)24)8-29-16(13)23;1-6-2-4-7(5-3-6)11(8,9)10/h13,16H,7-8H2,1-6H3,(H2,20,21,22);2-5H,1H3,(H,8,9,10)/t13?,16-;/m0./s1. The number of hydrogen-bond acceptors (Lipinski definition) is 10. The molecule has 0 saturated carbocycles. The van der Waals surface area contributed by atoms with E-state index < -0.39 is 33.7 Å². The summed E-state index contributed by atoms with van der Waals surface area (Å²) in [6.45, 7) is 12.2. The number of aromatic nitrogens is 2. The van der Waals surface area contributed by atoms with E-state index in [1.54, 1.807) is 32.9 Å². The molecule has 4 rings (SSSR count). The van der Waals surface area contributed by atoms with Crippen LogP contribution in [0.25, 0.3) is 0 Å². The first kappa shape index (κ1) is 31.2. The summed E-state index contributed by atoms with van der Waals surface area (Å²) in [5, 5.41) is 2.84. The highest BCUT2D eigenvalue weighted by Crippen LogP contribution is 2.42. The number of ether oxygens (including phenoxy) is 2. The van der Waals surface area contributed by atoms with Gasteiger partial charge in [0.05, 0.1) is 10.6 Å². The van der Waals surface area contributed by atoms with Gasteiger partial charge < -0.3 is 19.8 Å². The van der Waals surface area contributed by atoms with Gasteiger partial charge in [-0.15, -0.1) is 11.8 Å². The van der Waals surface area contributed by atoms with Crippen molar-refractivity contribution < 1.29 is 36.8 Å². The van der Waals surface area contributed by atoms with Crippen LogP contribution in [-0.4, -0.2) is 75.1 Å². The van der Waals surface area contributed by atoms with Gasteiger partial charge in [-0.25, -0.2) is 9.78 Å². The van der Waals surface area contributed by atoms with E-state index in [2.05, 4.69) is 15.3 Å². The number of carbonyl (C=O) groups excluding carboxylic acids is 3. The van der Waals surface area contributed by atoms with Gasteiger partial charge in [0, 0.05) is 23.9 Å². The Hall–Kier alpha value is -3.36. The number of esters is 2. The number of nitrogens with zero attached hydrogens (tertiary/aromatic N) is 2. The smallest absolute Gasteiger partial charge is 0.355 e. The number of hydrogen-bond donors (Lipinski definition) is 3. The second kappa shape index (κ2) is 12.0. The van der Waals surface area contributed by atoms with E-state index in [4.69, 9.17) is 14.0 Å². The second-order valence-corrected chi connectivity index (χ2v) is 12.9. The molecule has 14 heteroatoms. The fourth-order valence-corrected chi connectivity index (χ4v) is 5.58. The Morgan fingerprint density at radius 1 is 1.20 bits per heavy atom. The zero-order chi connectivity index (χ0) is 30.0. The summed E-state index contributed by atoms with van der Waals surface area (Å²) in [4.78, 5) is 45.8. The lowest BCUT2D eigenvalue weighted by molar-refractivity contribution is -0.157. The van der Waals surface area contributed by atoms with Crippen LogP contribution in [0, 0.1) is 20.8 Å². The molecule has 0 spiro atoms. The topological polar surface area (TPSA) is 168 Å². The molecule has 2 aliphatic rings. The van der Waals surface area contributed by atoms with Crippen molar-refractivity contribution in [2.75, 3.05) is 17.7 Å². The van der Waals surface area contributed by atoms with Crippen LogP contribution in [-0.2, 0) is 34.0 Å². The first-order chi connectivity index (χ1) is 18.5. The van der Waals surface area contributed by atoms with Crippen molar-refractivity contribution in [2.45, 2.75) is 70.4 Å². The number of anilines is 1. The number of aromatic amines is 1. The van der Waals surface area contributed by atoms with Gasteiger partial charge in [-0.2, -0.15) is 8.42 Å². The molecule has 2 aliphatic heterocycles. The van der Waals surface area contributed by atoms with Gasteiger partial charge in [-0.05, 0) is 53.7 Å². The minimum absolute atomic E-state index is 0.0535. The van der Waals surface area contributed by atoms with Gasteiger partial charge in [0.15, 0.2) is 0 Å². The molecule has 1 amide bonds. The summed E-state index contributed by atoms with van der Waals surface area (Å²) in [5.74, 6) is -0.333. The summed E-state index contributed by atoms with van der Waals surface area (Å²) in [6.07, 6.45) is 0. The monoisotopic (exact) mass is 594 g/mol. The minimum atomic E-state index is -4.02. The number of carbonyl (C=O) groups is 3. The first-order valence-electron chi connectivity index (χ1n) is 12.3. The number of thioether (sulfide) groups is 1. The molecule has 1 saturated heterocycles. The van der Waals surface area contributed by atoms with Crippen LogP contribution >= 0.6 is 11.8 Å². The Morgan fingerprint density at radius 2 is 1.82 bits per heavy atom. The lowest BCUT2D eigenvalue weighted by Crippen LogP contribution is -2.68. The maximum absolute atomic E-state index is 12.9. The molecule has 0 radical (unpaired) electrons. The molecule has 1 aromatic carbocycles. The first-order valence-corrected chi connectivity index (χ1v) is 14.8. The van der Waals surface area contributed by atoms with Crippen molar-refractivity contribution >= 4 is 45.7 Å². The third-order valence-corrected chi connectivity index (χ3v) is 8.04. The predicted octanol–water partition coefficient (Wildman–Crippen LogP) is 3.12. The van der Waals surface area contributed by atoms with E-state index >= 15 is 0 Å². The number of fused-ring (bicyclic) bond motifs is 1. The summed E-state index contributed by atoms with van der Waals surface area (Å²) in [7, 11) is -4.02. The molecule has 12 nitrogen and oxygen atoms in total. The number of amides is 1. The van der Waals surface area contributed by atoms with Crippen LogP contribution in [0.3, 0.4) is 0 Å². The number of β-lactam (4-membered cyclic amide) rings is 1. The zero-order valence-electron chi connectivity index (χ0n) is 23.4. The fourth-order valence-electron chi connectivity index (χ4n) is 3.77. The van der Waals surface area contributed by atoms with E-state index in [0.717, 1.165) is 17.0 Å². The van der Waals surface area contributed by atoms with Crippen LogP contribution < -0.4 is 5.32 Å². The summed E-state index contributed by atoms with van der Waals surface area (Å²) < 4.78 is 40.1. The molecule has 218 valence electrons. The quantitative estimate of drug-likeness (QED) is 0.255. The van der Waals surface area contributed by atoms with Crippen molar-refractivity contribution in [1.29, 1.82) is 0 Å². The maximum atomic E-state index is 12.9. The van der Waals surface area contributed by atoms with Crippen LogP contribution in [0.5, 0.6) is 0 Å². The Morgan fingerprint density at radius 3 is 2.33 bits per heavy atom. The molecule has 2 aromatic rings. The molecule has 1 aromatic heterocycles. The second-order valence-electron chi connectivity index (χ2n) is 10.4. The number of benzene rings is 1.